The van der Waals surface area contributed by atoms with Gasteiger partial charge in [0, 0.05) is 6.61 Å². The van der Waals surface area contributed by atoms with E-state index in [-0.39, 0.29) is 12.5 Å². The van der Waals surface area contributed by atoms with Gasteiger partial charge >= 0.3 is 5.97 Å². The summed E-state index contributed by atoms with van der Waals surface area (Å²) in [6.45, 7) is 8.73. The van der Waals surface area contributed by atoms with Crippen molar-refractivity contribution >= 4 is 11.9 Å². The molecule has 94 valence electrons. The van der Waals surface area contributed by atoms with E-state index in [0.29, 0.717) is 6.61 Å². The standard InChI is InChI=1S/C11H21NO4/c1-6-16-7-8(13)12-11(4,5)10(2,3)9(14)15/h6-7H2,1-5H3,(H,12,13)(H,14,15). The SMILES string of the molecule is CCOCC(=O)NC(C)(C)C(C)(C)C(=O)O. The number of nitrogens with one attached hydrogen (secondary N) is 1. The zero-order chi connectivity index (χ0) is 13.0. The van der Waals surface area contributed by atoms with Gasteiger partial charge in [0.25, 0.3) is 0 Å². The van der Waals surface area contributed by atoms with Crippen LogP contribution < -0.4 is 5.32 Å². The number of rotatable bonds is 6. The number of ether oxygens (including phenoxy) is 1. The molecule has 0 rings (SSSR count). The van der Waals surface area contributed by atoms with Gasteiger partial charge in [0.2, 0.25) is 5.91 Å². The molecule has 16 heavy (non-hydrogen) atoms. The summed E-state index contributed by atoms with van der Waals surface area (Å²) < 4.78 is 4.95. The van der Waals surface area contributed by atoms with Crippen LogP contribution in [0, 0.1) is 5.41 Å². The van der Waals surface area contributed by atoms with E-state index in [1.165, 1.54) is 0 Å². The van der Waals surface area contributed by atoms with Gasteiger partial charge in [0.1, 0.15) is 6.61 Å². The van der Waals surface area contributed by atoms with Crippen LogP contribution in [0.1, 0.15) is 34.6 Å². The Kier molecular flexibility index (Phi) is 4.93. The van der Waals surface area contributed by atoms with E-state index in [0.717, 1.165) is 0 Å². The molecule has 5 nitrogen and oxygen atoms in total. The summed E-state index contributed by atoms with van der Waals surface area (Å²) in [5, 5.41) is 11.8. The number of aliphatic carboxylic acids is 1. The molecule has 2 N–H and O–H groups in total. The highest BCUT2D eigenvalue weighted by molar-refractivity contribution is 5.81. The first-order chi connectivity index (χ1) is 7.15. The molecule has 0 saturated carbocycles. The van der Waals surface area contributed by atoms with E-state index in [2.05, 4.69) is 5.32 Å². The molecule has 1 amide bonds. The van der Waals surface area contributed by atoms with E-state index in [1.807, 2.05) is 0 Å². The van der Waals surface area contributed by atoms with Crippen molar-refractivity contribution in [2.45, 2.75) is 40.2 Å². The lowest BCUT2D eigenvalue weighted by atomic mass is 9.74. The summed E-state index contributed by atoms with van der Waals surface area (Å²) in [5.74, 6) is -1.25. The zero-order valence-electron chi connectivity index (χ0n) is 10.6. The Bertz CT molecular complexity index is 271. The summed E-state index contributed by atoms with van der Waals surface area (Å²) in [4.78, 5) is 22.5. The van der Waals surface area contributed by atoms with Crippen LogP contribution in [-0.2, 0) is 14.3 Å². The Balaban J connectivity index is 4.56. The monoisotopic (exact) mass is 231 g/mol. The van der Waals surface area contributed by atoms with Crippen LogP contribution in [0.4, 0.5) is 0 Å². The van der Waals surface area contributed by atoms with Crippen LogP contribution in [0.25, 0.3) is 0 Å². The predicted octanol–water partition coefficient (Wildman–Crippen LogP) is 1.03. The number of carbonyl (C=O) groups is 2. The molecule has 0 bridgehead atoms. The maximum Gasteiger partial charge on any atom is 0.311 e. The lowest BCUT2D eigenvalue weighted by Gasteiger charge is -2.38. The summed E-state index contributed by atoms with van der Waals surface area (Å²) in [7, 11) is 0. The second-order valence-electron chi connectivity index (χ2n) is 4.74. The third-order valence-electron chi connectivity index (χ3n) is 2.99. The first-order valence-corrected chi connectivity index (χ1v) is 5.27. The molecule has 0 aliphatic carbocycles. The highest BCUT2D eigenvalue weighted by Crippen LogP contribution is 2.30. The normalized spacial score (nSPS) is 12.3. The lowest BCUT2D eigenvalue weighted by molar-refractivity contribution is -0.152. The van der Waals surface area contributed by atoms with Crippen LogP contribution in [0.3, 0.4) is 0 Å². The van der Waals surface area contributed by atoms with Crippen molar-refractivity contribution in [1.82, 2.24) is 5.32 Å². The Morgan fingerprint density at radius 2 is 1.75 bits per heavy atom. The molecule has 5 heteroatoms. The van der Waals surface area contributed by atoms with Crippen molar-refractivity contribution in [3.8, 4) is 0 Å². The average molecular weight is 231 g/mol. The molecule has 0 aromatic carbocycles. The van der Waals surface area contributed by atoms with Crippen molar-refractivity contribution in [2.24, 2.45) is 5.41 Å². The van der Waals surface area contributed by atoms with Gasteiger partial charge in [-0.3, -0.25) is 9.59 Å². The highest BCUT2D eigenvalue weighted by atomic mass is 16.5. The van der Waals surface area contributed by atoms with E-state index in [4.69, 9.17) is 9.84 Å². The molecule has 0 fully saturated rings. The maximum absolute atomic E-state index is 11.5. The third-order valence-corrected chi connectivity index (χ3v) is 2.99. The Labute approximate surface area is 96.2 Å². The summed E-state index contributed by atoms with van der Waals surface area (Å²) in [6.07, 6.45) is 0. The largest absolute Gasteiger partial charge is 0.481 e. The second kappa shape index (κ2) is 5.30. The van der Waals surface area contributed by atoms with E-state index in [9.17, 15) is 9.59 Å². The van der Waals surface area contributed by atoms with Gasteiger partial charge in [0.15, 0.2) is 0 Å². The second-order valence-corrected chi connectivity index (χ2v) is 4.74. The molecule has 0 saturated heterocycles. The minimum absolute atomic E-state index is 0.0460. The Morgan fingerprint density at radius 3 is 2.12 bits per heavy atom. The smallest absolute Gasteiger partial charge is 0.311 e. The van der Waals surface area contributed by atoms with Gasteiger partial charge in [-0.1, -0.05) is 0 Å². The predicted molar refractivity (Wildman–Crippen MR) is 60.1 cm³/mol. The fraction of sp³-hybridized carbons (Fsp3) is 0.818. The summed E-state index contributed by atoms with van der Waals surface area (Å²) in [5.41, 5.74) is -1.89. The summed E-state index contributed by atoms with van der Waals surface area (Å²) in [6, 6.07) is 0. The number of hydrogen-bond acceptors (Lipinski definition) is 3. The van der Waals surface area contributed by atoms with Crippen molar-refractivity contribution in [3.05, 3.63) is 0 Å². The number of hydrogen-bond donors (Lipinski definition) is 2. The first-order valence-electron chi connectivity index (χ1n) is 5.27. The molecular formula is C11H21NO4. The number of carboxylic acid groups (broad SMARTS) is 1. The van der Waals surface area contributed by atoms with Crippen molar-refractivity contribution in [3.63, 3.8) is 0 Å². The van der Waals surface area contributed by atoms with Crippen LogP contribution in [0.2, 0.25) is 0 Å². The molecule has 0 unspecified atom stereocenters. The van der Waals surface area contributed by atoms with Gasteiger partial charge in [0.05, 0.1) is 11.0 Å². The van der Waals surface area contributed by atoms with Gasteiger partial charge in [-0.15, -0.1) is 0 Å². The molecule has 0 aliphatic heterocycles. The molecule has 0 aliphatic rings. The molecule has 0 aromatic rings. The highest BCUT2D eigenvalue weighted by Gasteiger charge is 2.44. The number of amides is 1. The van der Waals surface area contributed by atoms with Gasteiger partial charge in [-0.2, -0.15) is 0 Å². The zero-order valence-corrected chi connectivity index (χ0v) is 10.6. The van der Waals surface area contributed by atoms with Crippen LogP contribution in [-0.4, -0.2) is 35.7 Å². The maximum atomic E-state index is 11.5. The van der Waals surface area contributed by atoms with Crippen LogP contribution >= 0.6 is 0 Å². The van der Waals surface area contributed by atoms with Crippen molar-refractivity contribution in [2.75, 3.05) is 13.2 Å². The van der Waals surface area contributed by atoms with Gasteiger partial charge < -0.3 is 15.2 Å². The quantitative estimate of drug-likeness (QED) is 0.716. The van der Waals surface area contributed by atoms with E-state index >= 15 is 0 Å². The molecule has 0 aromatic heterocycles. The minimum Gasteiger partial charge on any atom is -0.481 e. The number of carboxylic acids is 1. The van der Waals surface area contributed by atoms with E-state index in [1.54, 1.807) is 34.6 Å². The van der Waals surface area contributed by atoms with Crippen LogP contribution in [0.15, 0.2) is 0 Å². The van der Waals surface area contributed by atoms with Crippen molar-refractivity contribution < 1.29 is 19.4 Å². The molecular weight excluding hydrogens is 210 g/mol. The molecule has 0 heterocycles. The lowest BCUT2D eigenvalue weighted by Crippen LogP contribution is -2.57. The minimum atomic E-state index is -1.05. The van der Waals surface area contributed by atoms with Crippen molar-refractivity contribution in [1.29, 1.82) is 0 Å². The average Bonchev–Trinajstić information content (AvgIpc) is 2.13. The fourth-order valence-corrected chi connectivity index (χ4v) is 1.00. The van der Waals surface area contributed by atoms with Gasteiger partial charge in [-0.25, -0.2) is 0 Å². The van der Waals surface area contributed by atoms with Crippen LogP contribution in [0.5, 0.6) is 0 Å². The Morgan fingerprint density at radius 1 is 1.25 bits per heavy atom. The van der Waals surface area contributed by atoms with Gasteiger partial charge in [-0.05, 0) is 34.6 Å². The first kappa shape index (κ1) is 14.9. The fourth-order valence-electron chi connectivity index (χ4n) is 1.00. The summed E-state index contributed by atoms with van der Waals surface area (Å²) >= 11 is 0. The molecule has 0 radical (unpaired) electrons. The van der Waals surface area contributed by atoms with E-state index < -0.39 is 16.9 Å². The third kappa shape index (κ3) is 3.48. The topological polar surface area (TPSA) is 75.6 Å². The number of carbonyl (C=O) groups excluding carboxylic acids is 1. The Hall–Kier alpha value is -1.10. The molecule has 0 atom stereocenters. The molecule has 0 spiro atoms.